The number of halogens is 3. The van der Waals surface area contributed by atoms with Crippen LogP contribution >= 0.6 is 0 Å². The van der Waals surface area contributed by atoms with E-state index >= 15 is 0 Å². The first-order valence-electron chi connectivity index (χ1n) is 6.38. The molecule has 0 aromatic heterocycles. The van der Waals surface area contributed by atoms with Crippen molar-refractivity contribution in [2.24, 2.45) is 5.92 Å². The molecule has 2 rings (SSSR count). The van der Waals surface area contributed by atoms with Crippen LogP contribution in [0.3, 0.4) is 0 Å². The van der Waals surface area contributed by atoms with E-state index in [9.17, 15) is 18.0 Å². The van der Waals surface area contributed by atoms with Gasteiger partial charge in [-0.2, -0.15) is 13.2 Å². The summed E-state index contributed by atoms with van der Waals surface area (Å²) >= 11 is 0. The fraction of sp³-hybridized carbons (Fsp3) is 0.500. The van der Waals surface area contributed by atoms with E-state index in [1.165, 1.54) is 17.0 Å². The second-order valence-electron chi connectivity index (χ2n) is 4.99. The molecular formula is C14H16F3NO2. The van der Waals surface area contributed by atoms with Crippen LogP contribution in [0.2, 0.25) is 0 Å². The Morgan fingerprint density at radius 1 is 1.45 bits per heavy atom. The maximum atomic E-state index is 12.6. The van der Waals surface area contributed by atoms with E-state index in [0.29, 0.717) is 19.8 Å². The third kappa shape index (κ3) is 3.50. The van der Waals surface area contributed by atoms with E-state index < -0.39 is 17.6 Å². The van der Waals surface area contributed by atoms with Crippen molar-refractivity contribution in [2.75, 3.05) is 26.8 Å². The van der Waals surface area contributed by atoms with Gasteiger partial charge in [-0.15, -0.1) is 0 Å². The first-order valence-corrected chi connectivity index (χ1v) is 6.38. The Bertz CT molecular complexity index is 482. The molecule has 1 saturated heterocycles. The molecule has 110 valence electrons. The number of nitrogens with zero attached hydrogens (tertiary/aromatic N) is 1. The van der Waals surface area contributed by atoms with Crippen molar-refractivity contribution in [3.63, 3.8) is 0 Å². The number of hydrogen-bond donors (Lipinski definition) is 0. The maximum Gasteiger partial charge on any atom is 0.416 e. The van der Waals surface area contributed by atoms with Crippen LogP contribution < -0.4 is 0 Å². The van der Waals surface area contributed by atoms with Gasteiger partial charge in [-0.25, -0.2) is 0 Å². The third-order valence-corrected chi connectivity index (χ3v) is 3.34. The minimum Gasteiger partial charge on any atom is -0.381 e. The fourth-order valence-electron chi connectivity index (χ4n) is 2.25. The van der Waals surface area contributed by atoms with Crippen LogP contribution in [0.25, 0.3) is 0 Å². The van der Waals surface area contributed by atoms with Gasteiger partial charge in [0.25, 0.3) is 5.91 Å². The summed E-state index contributed by atoms with van der Waals surface area (Å²) in [6.45, 7) is 1.77. The molecular weight excluding hydrogens is 271 g/mol. The topological polar surface area (TPSA) is 29.5 Å². The maximum absolute atomic E-state index is 12.6. The predicted molar refractivity (Wildman–Crippen MR) is 67.3 cm³/mol. The molecule has 3 nitrogen and oxygen atoms in total. The Morgan fingerprint density at radius 2 is 2.20 bits per heavy atom. The molecule has 0 saturated carbocycles. The van der Waals surface area contributed by atoms with Crippen molar-refractivity contribution < 1.29 is 22.7 Å². The molecule has 0 radical (unpaired) electrons. The lowest BCUT2D eigenvalue weighted by Crippen LogP contribution is -2.32. The van der Waals surface area contributed by atoms with Crippen LogP contribution in [-0.4, -0.2) is 37.6 Å². The molecule has 1 aliphatic rings. The minimum absolute atomic E-state index is 0.0567. The highest BCUT2D eigenvalue weighted by molar-refractivity contribution is 5.94. The van der Waals surface area contributed by atoms with E-state index in [1.807, 2.05) is 0 Å². The average molecular weight is 287 g/mol. The van der Waals surface area contributed by atoms with E-state index in [-0.39, 0.29) is 11.5 Å². The lowest BCUT2D eigenvalue weighted by molar-refractivity contribution is -0.137. The summed E-state index contributed by atoms with van der Waals surface area (Å²) in [5.74, 6) is -0.141. The monoisotopic (exact) mass is 287 g/mol. The van der Waals surface area contributed by atoms with Gasteiger partial charge in [-0.1, -0.05) is 6.07 Å². The van der Waals surface area contributed by atoms with Crippen molar-refractivity contribution in [3.05, 3.63) is 35.4 Å². The molecule has 1 fully saturated rings. The summed E-state index contributed by atoms with van der Waals surface area (Å²) in [5.41, 5.74) is -0.748. The Hall–Kier alpha value is -1.56. The SMILES string of the molecule is CN(CC1CCOC1)C(=O)c1cccc(C(F)(F)F)c1. The minimum atomic E-state index is -4.44. The first-order chi connectivity index (χ1) is 9.38. The van der Waals surface area contributed by atoms with Crippen LogP contribution in [-0.2, 0) is 10.9 Å². The van der Waals surface area contributed by atoms with Crippen LogP contribution in [0.4, 0.5) is 13.2 Å². The molecule has 1 amide bonds. The van der Waals surface area contributed by atoms with Gasteiger partial charge in [0.15, 0.2) is 0 Å². The van der Waals surface area contributed by atoms with E-state index in [1.54, 1.807) is 7.05 Å². The standard InChI is InChI=1S/C14H16F3NO2/c1-18(8-10-5-6-20-9-10)13(19)11-3-2-4-12(7-11)14(15,16)17/h2-4,7,10H,5-6,8-9H2,1H3. The quantitative estimate of drug-likeness (QED) is 0.855. The van der Waals surface area contributed by atoms with Crippen LogP contribution in [0.5, 0.6) is 0 Å². The van der Waals surface area contributed by atoms with Gasteiger partial charge in [0.2, 0.25) is 0 Å². The summed E-state index contributed by atoms with van der Waals surface area (Å²) in [6.07, 6.45) is -3.56. The van der Waals surface area contributed by atoms with Gasteiger partial charge in [0.05, 0.1) is 12.2 Å². The Morgan fingerprint density at radius 3 is 2.80 bits per heavy atom. The van der Waals surface area contributed by atoms with Gasteiger partial charge < -0.3 is 9.64 Å². The van der Waals surface area contributed by atoms with Gasteiger partial charge in [0.1, 0.15) is 0 Å². The van der Waals surface area contributed by atoms with Crippen LogP contribution in [0.1, 0.15) is 22.3 Å². The number of ether oxygens (including phenoxy) is 1. The molecule has 1 unspecified atom stereocenters. The highest BCUT2D eigenvalue weighted by Gasteiger charge is 2.31. The van der Waals surface area contributed by atoms with Crippen LogP contribution in [0, 0.1) is 5.92 Å². The normalized spacial score (nSPS) is 19.1. The average Bonchev–Trinajstić information content (AvgIpc) is 2.90. The molecule has 20 heavy (non-hydrogen) atoms. The molecule has 0 spiro atoms. The summed E-state index contributed by atoms with van der Waals surface area (Å²) in [4.78, 5) is 13.6. The number of benzene rings is 1. The Balaban J connectivity index is 2.08. The number of amides is 1. The fourth-order valence-corrected chi connectivity index (χ4v) is 2.25. The van der Waals surface area contributed by atoms with Crippen molar-refractivity contribution >= 4 is 5.91 Å². The zero-order valence-corrected chi connectivity index (χ0v) is 11.1. The lowest BCUT2D eigenvalue weighted by atomic mass is 10.1. The number of carbonyl (C=O) groups excluding carboxylic acids is 1. The summed E-state index contributed by atoms with van der Waals surface area (Å²) in [6, 6.07) is 4.51. The van der Waals surface area contributed by atoms with Gasteiger partial charge in [-0.3, -0.25) is 4.79 Å². The number of hydrogen-bond acceptors (Lipinski definition) is 2. The number of rotatable bonds is 3. The zero-order valence-electron chi connectivity index (χ0n) is 11.1. The molecule has 0 N–H and O–H groups in total. The second-order valence-corrected chi connectivity index (χ2v) is 4.99. The third-order valence-electron chi connectivity index (χ3n) is 3.34. The predicted octanol–water partition coefficient (Wildman–Crippen LogP) is 2.81. The molecule has 1 atom stereocenters. The van der Waals surface area contributed by atoms with Crippen molar-refractivity contribution in [2.45, 2.75) is 12.6 Å². The first kappa shape index (κ1) is 14.8. The summed E-state index contributed by atoms with van der Waals surface area (Å²) in [7, 11) is 1.60. The second kappa shape index (κ2) is 5.83. The largest absolute Gasteiger partial charge is 0.416 e. The smallest absolute Gasteiger partial charge is 0.381 e. The van der Waals surface area contributed by atoms with E-state index in [0.717, 1.165) is 18.6 Å². The molecule has 0 bridgehead atoms. The highest BCUT2D eigenvalue weighted by Crippen LogP contribution is 2.29. The van der Waals surface area contributed by atoms with E-state index in [4.69, 9.17) is 4.74 Å². The Labute approximate surface area is 115 Å². The van der Waals surface area contributed by atoms with E-state index in [2.05, 4.69) is 0 Å². The van der Waals surface area contributed by atoms with Crippen LogP contribution in [0.15, 0.2) is 24.3 Å². The van der Waals surface area contributed by atoms with Gasteiger partial charge in [-0.05, 0) is 24.6 Å². The van der Waals surface area contributed by atoms with Gasteiger partial charge in [0, 0.05) is 31.7 Å². The van der Waals surface area contributed by atoms with Crippen molar-refractivity contribution in [1.29, 1.82) is 0 Å². The van der Waals surface area contributed by atoms with Crippen molar-refractivity contribution in [1.82, 2.24) is 4.90 Å². The molecule has 6 heteroatoms. The molecule has 1 aromatic carbocycles. The Kier molecular flexibility index (Phi) is 4.32. The number of carbonyl (C=O) groups is 1. The molecule has 0 aliphatic carbocycles. The molecule has 1 heterocycles. The molecule has 1 aliphatic heterocycles. The number of alkyl halides is 3. The summed E-state index contributed by atoms with van der Waals surface area (Å²) < 4.78 is 43.1. The molecule has 1 aromatic rings. The van der Waals surface area contributed by atoms with Gasteiger partial charge >= 0.3 is 6.18 Å². The highest BCUT2D eigenvalue weighted by atomic mass is 19.4. The lowest BCUT2D eigenvalue weighted by Gasteiger charge is -2.20. The summed E-state index contributed by atoms with van der Waals surface area (Å²) in [5, 5.41) is 0. The zero-order chi connectivity index (χ0) is 14.8. The van der Waals surface area contributed by atoms with Crippen molar-refractivity contribution in [3.8, 4) is 0 Å².